The van der Waals surface area contributed by atoms with Crippen LogP contribution in [0.4, 0.5) is 0 Å². The minimum Gasteiger partial charge on any atom is -0.507 e. The number of phenolic OH excluding ortho intramolecular Hbond substituents is 1. The lowest BCUT2D eigenvalue weighted by Gasteiger charge is -2.14. The van der Waals surface area contributed by atoms with E-state index in [1.165, 1.54) is 12.5 Å². The van der Waals surface area contributed by atoms with Gasteiger partial charge in [-0.1, -0.05) is 18.5 Å². The Labute approximate surface area is 139 Å². The maximum absolute atomic E-state index is 12.9. The highest BCUT2D eigenvalue weighted by Crippen LogP contribution is 2.31. The smallest absolute Gasteiger partial charge is 0.202 e. The Morgan fingerprint density at radius 3 is 2.75 bits per heavy atom. The molecule has 0 saturated carbocycles. The molecule has 0 fully saturated rings. The summed E-state index contributed by atoms with van der Waals surface area (Å²) in [5.41, 5.74) is 2.50. The fraction of sp³-hybridized carbons (Fsp3) is 0.333. The molecule has 0 spiro atoms. The summed E-state index contributed by atoms with van der Waals surface area (Å²) >= 11 is 0. The number of hydrogen-bond donors (Lipinski definition) is 2. The number of rotatable bonds is 5. The molecule has 0 unspecified atom stereocenters. The number of benzene rings is 1. The predicted octanol–water partition coefficient (Wildman–Crippen LogP) is 1.75. The zero-order valence-corrected chi connectivity index (χ0v) is 14.0. The lowest BCUT2D eigenvalue weighted by molar-refractivity contribution is -0.872. The van der Waals surface area contributed by atoms with E-state index in [1.807, 2.05) is 21.0 Å². The molecule has 126 valence electrons. The quantitative estimate of drug-likeness (QED) is 0.745. The average molecular weight is 329 g/mol. The van der Waals surface area contributed by atoms with E-state index in [1.54, 1.807) is 12.1 Å². The first-order valence-corrected chi connectivity index (χ1v) is 8.02. The molecule has 0 saturated heterocycles. The summed E-state index contributed by atoms with van der Waals surface area (Å²) in [5, 5.41) is 14.9. The Morgan fingerprint density at radius 1 is 1.33 bits per heavy atom. The molecule has 0 aliphatic heterocycles. The van der Waals surface area contributed by atoms with Crippen LogP contribution in [0.1, 0.15) is 24.5 Å². The predicted molar refractivity (Wildman–Crippen MR) is 90.2 cm³/mol. The van der Waals surface area contributed by atoms with E-state index in [-0.39, 0.29) is 11.2 Å². The molecule has 0 aliphatic rings. The molecule has 6 nitrogen and oxygen atoms in total. The number of aromatic hydroxyl groups is 1. The maximum atomic E-state index is 12.9. The van der Waals surface area contributed by atoms with Crippen molar-refractivity contribution in [1.29, 1.82) is 0 Å². The first kappa shape index (κ1) is 16.3. The molecule has 2 N–H and O–H groups in total. The van der Waals surface area contributed by atoms with Crippen LogP contribution in [0, 0.1) is 0 Å². The first-order chi connectivity index (χ1) is 11.5. The highest BCUT2D eigenvalue weighted by atomic mass is 16.5. The zero-order valence-electron chi connectivity index (χ0n) is 14.0. The highest BCUT2D eigenvalue weighted by Gasteiger charge is 2.20. The second-order valence-electron chi connectivity index (χ2n) is 6.24. The van der Waals surface area contributed by atoms with Gasteiger partial charge in [0.25, 0.3) is 0 Å². The van der Waals surface area contributed by atoms with Gasteiger partial charge in [0.2, 0.25) is 5.43 Å². The van der Waals surface area contributed by atoms with Crippen LogP contribution in [0.2, 0.25) is 0 Å². The van der Waals surface area contributed by atoms with Crippen molar-refractivity contribution < 1.29 is 18.9 Å². The molecule has 6 heteroatoms. The molecule has 1 aromatic carbocycles. The number of fused-ring (bicyclic) bond motifs is 1. The summed E-state index contributed by atoms with van der Waals surface area (Å²) in [7, 11) is 3.97. The number of aromatic nitrogens is 1. The number of nitrogens with zero attached hydrogens (tertiary/aromatic N) is 1. The molecule has 0 bridgehead atoms. The number of hydrogen-bond acceptors (Lipinski definition) is 5. The Hall–Kier alpha value is -2.60. The Bertz CT molecular complexity index is 911. The minimum atomic E-state index is -0.169. The standard InChI is InChI=1S/C18H20N2O4/c1-4-5-11-8-12-17(22)14(15-6-7-24-19-15)10-23-18(12)13(16(11)21)9-20(2)3/h6-8,10,21H,4-5,9H2,1-3H3/p+1. The summed E-state index contributed by atoms with van der Waals surface area (Å²) in [6.07, 6.45) is 4.38. The van der Waals surface area contributed by atoms with Gasteiger partial charge in [0.05, 0.1) is 30.6 Å². The normalized spacial score (nSPS) is 11.5. The van der Waals surface area contributed by atoms with Crippen molar-refractivity contribution in [1.82, 2.24) is 5.16 Å². The summed E-state index contributed by atoms with van der Waals surface area (Å²) < 4.78 is 10.6. The number of phenols is 1. The minimum absolute atomic E-state index is 0.169. The van der Waals surface area contributed by atoms with E-state index >= 15 is 0 Å². The van der Waals surface area contributed by atoms with Gasteiger partial charge in [0.15, 0.2) is 0 Å². The van der Waals surface area contributed by atoms with Gasteiger partial charge < -0.3 is 18.9 Å². The van der Waals surface area contributed by atoms with Crippen molar-refractivity contribution in [3.05, 3.63) is 46.0 Å². The second kappa shape index (κ2) is 6.49. The van der Waals surface area contributed by atoms with Gasteiger partial charge in [-0.25, -0.2) is 0 Å². The van der Waals surface area contributed by atoms with E-state index in [9.17, 15) is 9.90 Å². The van der Waals surface area contributed by atoms with Crippen LogP contribution < -0.4 is 10.3 Å². The fourth-order valence-electron chi connectivity index (χ4n) is 2.90. The molecule has 0 atom stereocenters. The molecule has 0 amide bonds. The Kier molecular flexibility index (Phi) is 4.40. The lowest BCUT2D eigenvalue weighted by atomic mass is 9.99. The second-order valence-corrected chi connectivity index (χ2v) is 6.24. The number of quaternary nitrogens is 1. The van der Waals surface area contributed by atoms with Crippen LogP contribution in [-0.2, 0) is 13.0 Å². The number of aryl methyl sites for hydroxylation is 1. The molecule has 0 radical (unpaired) electrons. The largest absolute Gasteiger partial charge is 0.507 e. The summed E-state index contributed by atoms with van der Waals surface area (Å²) in [4.78, 5) is 14.0. The van der Waals surface area contributed by atoms with Crippen LogP contribution in [0.15, 0.2) is 38.4 Å². The monoisotopic (exact) mass is 329 g/mol. The number of nitrogens with one attached hydrogen (secondary N) is 1. The fourth-order valence-corrected chi connectivity index (χ4v) is 2.90. The van der Waals surface area contributed by atoms with E-state index in [0.717, 1.165) is 16.9 Å². The van der Waals surface area contributed by atoms with Crippen LogP contribution >= 0.6 is 0 Å². The molecular weight excluding hydrogens is 308 g/mol. The molecule has 0 aliphatic carbocycles. The SMILES string of the molecule is CCCc1cc2c(=O)c(-c3ccon3)coc2c(C[NH+](C)C)c1O. The van der Waals surface area contributed by atoms with E-state index < -0.39 is 0 Å². The molecule has 24 heavy (non-hydrogen) atoms. The van der Waals surface area contributed by atoms with Crippen molar-refractivity contribution in [2.24, 2.45) is 0 Å². The lowest BCUT2D eigenvalue weighted by Crippen LogP contribution is -3.04. The summed E-state index contributed by atoms with van der Waals surface area (Å²) in [6, 6.07) is 3.36. The van der Waals surface area contributed by atoms with Crippen molar-refractivity contribution in [2.75, 3.05) is 14.1 Å². The molecule has 3 aromatic rings. The van der Waals surface area contributed by atoms with Crippen LogP contribution in [0.25, 0.3) is 22.2 Å². The van der Waals surface area contributed by atoms with Crippen molar-refractivity contribution in [2.45, 2.75) is 26.3 Å². The van der Waals surface area contributed by atoms with Gasteiger partial charge in [-0.05, 0) is 18.1 Å². The summed E-state index contributed by atoms with van der Waals surface area (Å²) in [6.45, 7) is 2.60. The van der Waals surface area contributed by atoms with E-state index in [0.29, 0.717) is 40.8 Å². The summed E-state index contributed by atoms with van der Waals surface area (Å²) in [5.74, 6) is 0.225. The van der Waals surface area contributed by atoms with Gasteiger partial charge >= 0.3 is 0 Å². The average Bonchev–Trinajstić information content (AvgIpc) is 3.06. The van der Waals surface area contributed by atoms with Crippen LogP contribution in [0.3, 0.4) is 0 Å². The molecule has 3 rings (SSSR count). The molecule has 2 heterocycles. The zero-order chi connectivity index (χ0) is 17.3. The third-order valence-electron chi connectivity index (χ3n) is 3.97. The van der Waals surface area contributed by atoms with Gasteiger partial charge in [-0.3, -0.25) is 4.79 Å². The topological polar surface area (TPSA) is 80.9 Å². The Balaban J connectivity index is 2.31. The Morgan fingerprint density at radius 2 is 2.12 bits per heavy atom. The van der Waals surface area contributed by atoms with Gasteiger partial charge in [-0.2, -0.15) is 0 Å². The van der Waals surface area contributed by atoms with Crippen molar-refractivity contribution in [3.63, 3.8) is 0 Å². The van der Waals surface area contributed by atoms with Crippen molar-refractivity contribution in [3.8, 4) is 17.0 Å². The first-order valence-electron chi connectivity index (χ1n) is 8.02. The third kappa shape index (κ3) is 2.80. The highest BCUT2D eigenvalue weighted by molar-refractivity contribution is 5.86. The molecular formula is C18H21N2O4+. The maximum Gasteiger partial charge on any atom is 0.202 e. The van der Waals surface area contributed by atoms with Gasteiger partial charge in [-0.15, -0.1) is 0 Å². The van der Waals surface area contributed by atoms with E-state index in [2.05, 4.69) is 5.16 Å². The van der Waals surface area contributed by atoms with Crippen LogP contribution in [0.5, 0.6) is 5.75 Å². The van der Waals surface area contributed by atoms with Gasteiger partial charge in [0, 0.05) is 6.07 Å². The third-order valence-corrected chi connectivity index (χ3v) is 3.97. The molecule has 2 aromatic heterocycles. The van der Waals surface area contributed by atoms with Crippen LogP contribution in [-0.4, -0.2) is 24.4 Å². The van der Waals surface area contributed by atoms with E-state index in [4.69, 9.17) is 8.94 Å². The van der Waals surface area contributed by atoms with Gasteiger partial charge in [0.1, 0.15) is 36.1 Å². The van der Waals surface area contributed by atoms with Crippen molar-refractivity contribution >= 4 is 11.0 Å².